The molecule has 0 spiro atoms. The van der Waals surface area contributed by atoms with Crippen molar-refractivity contribution in [2.45, 2.75) is 37.6 Å². The van der Waals surface area contributed by atoms with Gasteiger partial charge in [0.05, 0.1) is 12.2 Å². The summed E-state index contributed by atoms with van der Waals surface area (Å²) >= 11 is 6.55. The fraction of sp³-hybridized carbons (Fsp3) is 0.474. The second-order valence-corrected chi connectivity index (χ2v) is 7.59. The van der Waals surface area contributed by atoms with Crippen LogP contribution in [-0.4, -0.2) is 54.3 Å². The van der Waals surface area contributed by atoms with Gasteiger partial charge in [-0.25, -0.2) is 23.8 Å². The van der Waals surface area contributed by atoms with E-state index in [1.165, 1.54) is 0 Å². The Hall–Kier alpha value is -2.44. The Kier molecular flexibility index (Phi) is 7.25. The minimum absolute atomic E-state index is 0.0553. The average Bonchev–Trinajstić information content (AvgIpc) is 3.18. The topological polar surface area (TPSA) is 73.3 Å². The smallest absolute Gasteiger partial charge is 0.403 e. The van der Waals surface area contributed by atoms with Crippen molar-refractivity contribution in [1.82, 2.24) is 21.1 Å². The molecule has 3 rings (SSSR count). The summed E-state index contributed by atoms with van der Waals surface area (Å²) in [6.45, 7) is 4.47. The molecule has 0 saturated heterocycles. The fourth-order valence-electron chi connectivity index (χ4n) is 3.10. The first-order valence-electron chi connectivity index (χ1n) is 9.81. The second kappa shape index (κ2) is 9.59. The number of rotatable bonds is 9. The number of fused-ring (bicyclic) bond motifs is 1. The van der Waals surface area contributed by atoms with E-state index >= 15 is 0 Å². The molecule has 1 unspecified atom stereocenters. The first-order valence-corrected chi connectivity index (χ1v) is 10.2. The quantitative estimate of drug-likeness (QED) is 0.219. The molecule has 0 fully saturated rings. The summed E-state index contributed by atoms with van der Waals surface area (Å²) in [7, 11) is 0. The number of nitrogens with one attached hydrogen (secondary N) is 3. The van der Waals surface area contributed by atoms with Crippen molar-refractivity contribution < 1.29 is 26.7 Å². The number of hydrogen-bond acceptors (Lipinski definition) is 7. The van der Waals surface area contributed by atoms with Crippen LogP contribution < -0.4 is 20.8 Å². The van der Waals surface area contributed by atoms with Crippen molar-refractivity contribution in [2.75, 3.05) is 19.7 Å². The molecule has 1 aromatic carbocycles. The highest BCUT2D eigenvalue weighted by molar-refractivity contribution is 6.31. The summed E-state index contributed by atoms with van der Waals surface area (Å²) in [6, 6.07) is -0.232. The van der Waals surface area contributed by atoms with Gasteiger partial charge in [-0.05, 0) is 26.4 Å². The van der Waals surface area contributed by atoms with Crippen molar-refractivity contribution in [1.29, 1.82) is 0 Å². The van der Waals surface area contributed by atoms with E-state index in [2.05, 4.69) is 26.0 Å². The zero-order chi connectivity index (χ0) is 23.5. The van der Waals surface area contributed by atoms with Gasteiger partial charge in [0.25, 0.3) is 0 Å². The highest BCUT2D eigenvalue weighted by Gasteiger charge is 2.51. The van der Waals surface area contributed by atoms with E-state index in [1.807, 2.05) is 6.92 Å². The Labute approximate surface area is 186 Å². The maximum absolute atomic E-state index is 15.0. The lowest BCUT2D eigenvalue weighted by Crippen LogP contribution is -2.65. The van der Waals surface area contributed by atoms with Crippen LogP contribution in [0.25, 0.3) is 5.57 Å². The van der Waals surface area contributed by atoms with Crippen LogP contribution in [0.1, 0.15) is 25.8 Å². The SMILES string of the molecule is CCNCCCOc1cc(F)c(C2=CN=C3N=CNN3C2(Cl)N[C@@H](C)C(F)(F)F)c(F)c1. The average molecular weight is 481 g/mol. The molecule has 32 heavy (non-hydrogen) atoms. The van der Waals surface area contributed by atoms with E-state index < -0.39 is 34.5 Å². The summed E-state index contributed by atoms with van der Waals surface area (Å²) in [6.07, 6.45) is -1.93. The predicted octanol–water partition coefficient (Wildman–Crippen LogP) is 3.34. The van der Waals surface area contributed by atoms with Crippen LogP contribution in [0.15, 0.2) is 28.3 Å². The highest BCUT2D eigenvalue weighted by Crippen LogP contribution is 2.41. The van der Waals surface area contributed by atoms with E-state index in [4.69, 9.17) is 16.3 Å². The van der Waals surface area contributed by atoms with Gasteiger partial charge in [-0.3, -0.25) is 10.7 Å². The highest BCUT2D eigenvalue weighted by atomic mass is 35.5. The largest absolute Gasteiger partial charge is 0.493 e. The molecular weight excluding hydrogens is 459 g/mol. The van der Waals surface area contributed by atoms with Crippen molar-refractivity contribution in [3.05, 3.63) is 35.5 Å². The Morgan fingerprint density at radius 1 is 1.28 bits per heavy atom. The molecule has 2 aliphatic heterocycles. The molecule has 0 saturated carbocycles. The van der Waals surface area contributed by atoms with Crippen LogP contribution in [0, 0.1) is 11.6 Å². The van der Waals surface area contributed by atoms with Crippen LogP contribution in [0.2, 0.25) is 0 Å². The fourth-order valence-corrected chi connectivity index (χ4v) is 3.53. The number of benzene rings is 1. The number of alkyl halides is 4. The van der Waals surface area contributed by atoms with Crippen LogP contribution in [-0.2, 0) is 0 Å². The van der Waals surface area contributed by atoms with Crippen molar-refractivity contribution in [3.63, 3.8) is 0 Å². The number of nitrogens with zero attached hydrogens (tertiary/aromatic N) is 3. The van der Waals surface area contributed by atoms with Crippen LogP contribution >= 0.6 is 11.6 Å². The first kappa shape index (κ1) is 24.2. The molecule has 2 heterocycles. The number of hydrazine groups is 1. The van der Waals surface area contributed by atoms with Gasteiger partial charge in [0.1, 0.15) is 29.8 Å². The molecule has 2 atom stereocenters. The second-order valence-electron chi connectivity index (χ2n) is 7.04. The standard InChI is InChI=1S/C19H22ClF5N6O/c1-3-26-5-4-6-32-12-7-14(21)16(15(22)8-12)13-9-27-17-28-10-29-31(17)18(13,20)30-11(2)19(23,24)25/h7-11,26,30H,3-6H2,1-2H3,(H,27,28,29)/t11-,18?/m0/s1. The molecule has 7 nitrogen and oxygen atoms in total. The minimum atomic E-state index is -4.68. The molecule has 3 N–H and O–H groups in total. The Morgan fingerprint density at radius 3 is 2.59 bits per heavy atom. The van der Waals surface area contributed by atoms with Gasteiger partial charge >= 0.3 is 6.18 Å². The summed E-state index contributed by atoms with van der Waals surface area (Å²) in [5.74, 6) is -2.27. The van der Waals surface area contributed by atoms with E-state index in [0.29, 0.717) is 13.0 Å². The monoisotopic (exact) mass is 480 g/mol. The summed E-state index contributed by atoms with van der Waals surface area (Å²) in [5, 5.41) is 3.98. The molecule has 0 radical (unpaired) electrons. The van der Waals surface area contributed by atoms with Gasteiger partial charge in [0, 0.05) is 23.9 Å². The van der Waals surface area contributed by atoms with Gasteiger partial charge in [-0.1, -0.05) is 18.5 Å². The normalized spacial score (nSPS) is 21.1. The van der Waals surface area contributed by atoms with Crippen molar-refractivity contribution in [2.24, 2.45) is 9.98 Å². The molecule has 0 amide bonds. The molecule has 176 valence electrons. The minimum Gasteiger partial charge on any atom is -0.493 e. The van der Waals surface area contributed by atoms with Gasteiger partial charge < -0.3 is 10.1 Å². The van der Waals surface area contributed by atoms with Gasteiger partial charge in [-0.2, -0.15) is 13.2 Å². The molecule has 2 aliphatic rings. The van der Waals surface area contributed by atoms with E-state index in [0.717, 1.165) is 43.1 Å². The van der Waals surface area contributed by atoms with Gasteiger partial charge in [0.15, 0.2) is 0 Å². The maximum atomic E-state index is 15.0. The predicted molar refractivity (Wildman–Crippen MR) is 111 cm³/mol. The van der Waals surface area contributed by atoms with E-state index in [-0.39, 0.29) is 23.9 Å². The summed E-state index contributed by atoms with van der Waals surface area (Å²) in [4.78, 5) is 7.78. The molecule has 13 heteroatoms. The number of hydrogen-bond donors (Lipinski definition) is 3. The lowest BCUT2D eigenvalue weighted by Gasteiger charge is -2.42. The maximum Gasteiger partial charge on any atom is 0.403 e. The Morgan fingerprint density at radius 2 is 1.97 bits per heavy atom. The van der Waals surface area contributed by atoms with Crippen molar-refractivity contribution >= 4 is 29.5 Å². The van der Waals surface area contributed by atoms with E-state index in [1.54, 1.807) is 0 Å². The number of guanidine groups is 1. The molecule has 0 aliphatic carbocycles. The number of ether oxygens (including phenoxy) is 1. The molecule has 0 bridgehead atoms. The van der Waals surface area contributed by atoms with Crippen LogP contribution in [0.3, 0.4) is 0 Å². The first-order chi connectivity index (χ1) is 15.1. The summed E-state index contributed by atoms with van der Waals surface area (Å²) in [5.41, 5.74) is 1.52. The van der Waals surface area contributed by atoms with Gasteiger partial charge in [-0.15, -0.1) is 0 Å². The Bertz CT molecular complexity index is 914. The molecule has 1 aromatic rings. The van der Waals surface area contributed by atoms with Crippen molar-refractivity contribution in [3.8, 4) is 5.75 Å². The van der Waals surface area contributed by atoms with Gasteiger partial charge in [0.2, 0.25) is 11.1 Å². The zero-order valence-electron chi connectivity index (χ0n) is 17.2. The Balaban J connectivity index is 1.92. The third kappa shape index (κ3) is 4.97. The summed E-state index contributed by atoms with van der Waals surface area (Å²) < 4.78 is 75.1. The molecular formula is C19H22ClF5N6O. The third-order valence-electron chi connectivity index (χ3n) is 4.74. The lowest BCUT2D eigenvalue weighted by molar-refractivity contribution is -0.155. The number of halogens is 6. The van der Waals surface area contributed by atoms with Crippen LogP contribution in [0.4, 0.5) is 22.0 Å². The van der Waals surface area contributed by atoms with E-state index in [9.17, 15) is 22.0 Å². The zero-order valence-corrected chi connectivity index (χ0v) is 18.0. The third-order valence-corrected chi connectivity index (χ3v) is 5.22. The van der Waals surface area contributed by atoms with Crippen LogP contribution in [0.5, 0.6) is 5.75 Å². The number of aliphatic imine (C=N–C) groups is 2. The lowest BCUT2D eigenvalue weighted by atomic mass is 10.00. The molecule has 0 aromatic heterocycles.